The smallest absolute Gasteiger partial charge is 0.0599 e. The minimum absolute atomic E-state index is 0.566. The van der Waals surface area contributed by atoms with E-state index in [4.69, 9.17) is 0 Å². The molecule has 17 heavy (non-hydrogen) atoms. The highest BCUT2D eigenvalue weighted by atomic mass is 28.3. The number of benzene rings is 1. The summed E-state index contributed by atoms with van der Waals surface area (Å²) in [6, 6.07) is 11.5. The van der Waals surface area contributed by atoms with E-state index in [0.29, 0.717) is 6.04 Å². The van der Waals surface area contributed by atoms with Gasteiger partial charge in [0, 0.05) is 25.7 Å². The van der Waals surface area contributed by atoms with Crippen molar-refractivity contribution in [2.45, 2.75) is 25.7 Å². The highest BCUT2D eigenvalue weighted by molar-refractivity contribution is 6.76. The van der Waals surface area contributed by atoms with Crippen molar-refractivity contribution in [2.75, 3.05) is 25.8 Å². The molecule has 0 spiro atoms. The summed E-state index contributed by atoms with van der Waals surface area (Å²) in [5, 5.41) is 3.52. The second-order valence-electron chi connectivity index (χ2n) is 6.16. The lowest BCUT2D eigenvalue weighted by atomic mass is 10.0. The number of hydrogen-bond acceptors (Lipinski definition) is 2. The van der Waals surface area contributed by atoms with Crippen LogP contribution in [0.1, 0.15) is 11.6 Å². The molecule has 1 aromatic rings. The molecule has 1 atom stereocenters. The van der Waals surface area contributed by atoms with Crippen LogP contribution in [0.2, 0.25) is 19.6 Å². The maximum atomic E-state index is 3.52. The van der Waals surface area contributed by atoms with Crippen molar-refractivity contribution in [1.29, 1.82) is 0 Å². The molecule has 1 N–H and O–H groups in total. The van der Waals surface area contributed by atoms with Crippen molar-refractivity contribution < 1.29 is 0 Å². The SMILES string of the molecule is C[Si](C)(C)CN1CCNCC1c1ccccc1. The van der Waals surface area contributed by atoms with E-state index in [1.807, 2.05) is 0 Å². The highest BCUT2D eigenvalue weighted by Gasteiger charge is 2.27. The van der Waals surface area contributed by atoms with E-state index in [-0.39, 0.29) is 0 Å². The van der Waals surface area contributed by atoms with Crippen molar-refractivity contribution in [2.24, 2.45) is 0 Å². The molecule has 0 radical (unpaired) electrons. The molecule has 1 aliphatic heterocycles. The van der Waals surface area contributed by atoms with Crippen molar-refractivity contribution in [3.8, 4) is 0 Å². The number of rotatable bonds is 3. The molecule has 0 aromatic heterocycles. The fourth-order valence-electron chi connectivity index (χ4n) is 2.55. The maximum absolute atomic E-state index is 3.52. The molecule has 0 bridgehead atoms. The summed E-state index contributed by atoms with van der Waals surface area (Å²) >= 11 is 0. The van der Waals surface area contributed by atoms with Gasteiger partial charge in [-0.05, 0) is 11.7 Å². The van der Waals surface area contributed by atoms with E-state index in [1.165, 1.54) is 18.3 Å². The standard InChI is InChI=1S/C14H24N2Si/c1-17(2,3)12-16-10-9-15-11-14(16)13-7-5-4-6-8-13/h4-8,14-15H,9-12H2,1-3H3. The number of hydrogen-bond donors (Lipinski definition) is 1. The zero-order chi connectivity index (χ0) is 12.3. The first-order valence-electron chi connectivity index (χ1n) is 6.56. The number of nitrogens with zero attached hydrogens (tertiary/aromatic N) is 1. The van der Waals surface area contributed by atoms with Gasteiger partial charge in [-0.2, -0.15) is 0 Å². The maximum Gasteiger partial charge on any atom is 0.0599 e. The number of piperazine rings is 1. The van der Waals surface area contributed by atoms with Crippen LogP contribution in [0.4, 0.5) is 0 Å². The summed E-state index contributed by atoms with van der Waals surface area (Å²) in [5.41, 5.74) is 1.46. The minimum Gasteiger partial charge on any atom is -0.314 e. The molecule has 0 amide bonds. The predicted octanol–water partition coefficient (Wildman–Crippen LogP) is 2.51. The Labute approximate surface area is 106 Å². The fourth-order valence-corrected chi connectivity index (χ4v) is 4.15. The van der Waals surface area contributed by atoms with E-state index in [1.54, 1.807) is 0 Å². The van der Waals surface area contributed by atoms with Crippen molar-refractivity contribution >= 4 is 8.07 Å². The van der Waals surface area contributed by atoms with Crippen LogP contribution in [0, 0.1) is 0 Å². The van der Waals surface area contributed by atoms with Crippen LogP contribution in [0.3, 0.4) is 0 Å². The molecular formula is C14H24N2Si. The van der Waals surface area contributed by atoms with Gasteiger partial charge in [0.2, 0.25) is 0 Å². The molecule has 94 valence electrons. The van der Waals surface area contributed by atoms with E-state index < -0.39 is 8.07 Å². The minimum atomic E-state index is -1.02. The van der Waals surface area contributed by atoms with Crippen LogP contribution in [-0.2, 0) is 0 Å². The first-order valence-corrected chi connectivity index (χ1v) is 10.3. The normalized spacial score (nSPS) is 22.6. The van der Waals surface area contributed by atoms with E-state index in [9.17, 15) is 0 Å². The summed E-state index contributed by atoms with van der Waals surface area (Å²) in [7, 11) is -1.02. The van der Waals surface area contributed by atoms with Gasteiger partial charge in [0.15, 0.2) is 0 Å². The average Bonchev–Trinajstić information content (AvgIpc) is 2.29. The van der Waals surface area contributed by atoms with Crippen LogP contribution in [0.25, 0.3) is 0 Å². The van der Waals surface area contributed by atoms with Crippen LogP contribution in [-0.4, -0.2) is 38.8 Å². The predicted molar refractivity (Wildman–Crippen MR) is 77.0 cm³/mol. The van der Waals surface area contributed by atoms with Gasteiger partial charge in [0.25, 0.3) is 0 Å². The largest absolute Gasteiger partial charge is 0.314 e. The molecule has 1 fully saturated rings. The topological polar surface area (TPSA) is 15.3 Å². The Morgan fingerprint density at radius 1 is 1.24 bits per heavy atom. The summed E-state index contributed by atoms with van der Waals surface area (Å²) in [6.45, 7) is 10.8. The number of nitrogens with one attached hydrogen (secondary N) is 1. The first kappa shape index (κ1) is 12.8. The summed E-state index contributed by atoms with van der Waals surface area (Å²) in [4.78, 5) is 2.68. The van der Waals surface area contributed by atoms with Gasteiger partial charge in [-0.15, -0.1) is 0 Å². The summed E-state index contributed by atoms with van der Waals surface area (Å²) in [5.74, 6) is 0. The molecule has 0 saturated carbocycles. The third-order valence-electron chi connectivity index (χ3n) is 3.22. The molecule has 1 heterocycles. The van der Waals surface area contributed by atoms with E-state index >= 15 is 0 Å². The second-order valence-corrected chi connectivity index (χ2v) is 11.6. The Kier molecular flexibility index (Phi) is 4.02. The van der Waals surface area contributed by atoms with Gasteiger partial charge >= 0.3 is 0 Å². The third kappa shape index (κ3) is 3.66. The molecular weight excluding hydrogens is 224 g/mol. The molecule has 3 heteroatoms. The van der Waals surface area contributed by atoms with Crippen LogP contribution < -0.4 is 5.32 Å². The molecule has 2 rings (SSSR count). The zero-order valence-electron chi connectivity index (χ0n) is 11.2. The lowest BCUT2D eigenvalue weighted by molar-refractivity contribution is 0.187. The van der Waals surface area contributed by atoms with Gasteiger partial charge in [-0.1, -0.05) is 50.0 Å². The van der Waals surface area contributed by atoms with Crippen molar-refractivity contribution in [3.63, 3.8) is 0 Å². The molecule has 1 aromatic carbocycles. The summed E-state index contributed by atoms with van der Waals surface area (Å²) in [6.07, 6.45) is 1.30. The first-order chi connectivity index (χ1) is 8.06. The van der Waals surface area contributed by atoms with Crippen LogP contribution in [0.15, 0.2) is 30.3 Å². The highest BCUT2D eigenvalue weighted by Crippen LogP contribution is 2.23. The molecule has 0 aliphatic carbocycles. The van der Waals surface area contributed by atoms with Crippen LogP contribution >= 0.6 is 0 Å². The Morgan fingerprint density at radius 3 is 2.59 bits per heavy atom. The molecule has 1 aliphatic rings. The van der Waals surface area contributed by atoms with E-state index in [0.717, 1.165) is 13.1 Å². The lowest BCUT2D eigenvalue weighted by Gasteiger charge is -2.39. The van der Waals surface area contributed by atoms with Crippen molar-refractivity contribution in [3.05, 3.63) is 35.9 Å². The fraction of sp³-hybridized carbons (Fsp3) is 0.571. The second kappa shape index (κ2) is 5.34. The molecule has 1 unspecified atom stereocenters. The van der Waals surface area contributed by atoms with Gasteiger partial charge in [0.05, 0.1) is 8.07 Å². The third-order valence-corrected chi connectivity index (χ3v) is 4.57. The Bertz CT molecular complexity index is 345. The zero-order valence-corrected chi connectivity index (χ0v) is 12.2. The van der Waals surface area contributed by atoms with Gasteiger partial charge < -0.3 is 5.32 Å². The summed E-state index contributed by atoms with van der Waals surface area (Å²) < 4.78 is 0. The van der Waals surface area contributed by atoms with Gasteiger partial charge in [-0.3, -0.25) is 4.90 Å². The monoisotopic (exact) mass is 248 g/mol. The molecule has 2 nitrogen and oxygen atoms in total. The Hall–Kier alpha value is -0.643. The van der Waals surface area contributed by atoms with E-state index in [2.05, 4.69) is 60.2 Å². The van der Waals surface area contributed by atoms with Gasteiger partial charge in [-0.25, -0.2) is 0 Å². The van der Waals surface area contributed by atoms with Crippen molar-refractivity contribution in [1.82, 2.24) is 10.2 Å². The Balaban J connectivity index is 2.13. The van der Waals surface area contributed by atoms with Gasteiger partial charge in [0.1, 0.15) is 0 Å². The quantitative estimate of drug-likeness (QED) is 0.827. The lowest BCUT2D eigenvalue weighted by Crippen LogP contribution is -2.51. The van der Waals surface area contributed by atoms with Crippen LogP contribution in [0.5, 0.6) is 0 Å². The average molecular weight is 248 g/mol. The Morgan fingerprint density at radius 2 is 1.94 bits per heavy atom. The molecule has 1 saturated heterocycles.